The van der Waals surface area contributed by atoms with Crippen molar-refractivity contribution in [3.8, 4) is 5.75 Å². The maximum atomic E-state index is 5.92. The van der Waals surface area contributed by atoms with Gasteiger partial charge in [0.25, 0.3) is 0 Å². The molecule has 0 aliphatic heterocycles. The molecule has 0 saturated carbocycles. The maximum Gasteiger partial charge on any atom is 0.119 e. The highest BCUT2D eigenvalue weighted by atomic mass is 16.5. The number of hydrogen-bond donors (Lipinski definition) is 1. The van der Waals surface area contributed by atoms with Gasteiger partial charge in [0.15, 0.2) is 0 Å². The van der Waals surface area contributed by atoms with E-state index in [1.165, 1.54) is 27.9 Å². The van der Waals surface area contributed by atoms with Crippen molar-refractivity contribution in [1.82, 2.24) is 0 Å². The molecule has 0 amide bonds. The Bertz CT molecular complexity index is 811. The third kappa shape index (κ3) is 4.87. The topological polar surface area (TPSA) is 21.3 Å². The van der Waals surface area contributed by atoms with Crippen molar-refractivity contribution in [3.05, 3.63) is 95.1 Å². The van der Waals surface area contributed by atoms with Crippen LogP contribution in [0.4, 0.5) is 5.69 Å². The maximum absolute atomic E-state index is 5.92. The van der Waals surface area contributed by atoms with E-state index in [0.717, 1.165) is 18.7 Å². The van der Waals surface area contributed by atoms with Gasteiger partial charge in [0.05, 0.1) is 6.61 Å². The fourth-order valence-corrected chi connectivity index (χ4v) is 2.82. The van der Waals surface area contributed by atoms with Crippen LogP contribution < -0.4 is 10.1 Å². The van der Waals surface area contributed by atoms with Crippen LogP contribution in [0.3, 0.4) is 0 Å². The second kappa shape index (κ2) is 8.39. The summed E-state index contributed by atoms with van der Waals surface area (Å²) in [6, 6.07) is 25.1. The molecule has 0 spiro atoms. The van der Waals surface area contributed by atoms with Gasteiger partial charge in [-0.2, -0.15) is 0 Å². The summed E-state index contributed by atoms with van der Waals surface area (Å²) in [6.45, 7) is 5.78. The zero-order valence-corrected chi connectivity index (χ0v) is 15.0. The van der Waals surface area contributed by atoms with Gasteiger partial charge in [-0.05, 0) is 54.3 Å². The molecule has 2 heteroatoms. The lowest BCUT2D eigenvalue weighted by Crippen LogP contribution is -2.04. The zero-order chi connectivity index (χ0) is 17.5. The number of hydrogen-bond acceptors (Lipinski definition) is 2. The summed E-state index contributed by atoms with van der Waals surface area (Å²) >= 11 is 0. The number of benzene rings is 3. The molecule has 3 rings (SSSR count). The summed E-state index contributed by atoms with van der Waals surface area (Å²) in [5, 5.41) is 3.52. The number of ether oxygens (including phenoxy) is 1. The van der Waals surface area contributed by atoms with E-state index in [4.69, 9.17) is 4.74 Å². The number of rotatable bonds is 7. The van der Waals surface area contributed by atoms with E-state index in [2.05, 4.69) is 79.8 Å². The second-order valence-corrected chi connectivity index (χ2v) is 6.33. The summed E-state index contributed by atoms with van der Waals surface area (Å²) < 4.78 is 5.92. The first-order chi connectivity index (χ1) is 12.2. The fraction of sp³-hybridized carbons (Fsp3) is 0.217. The van der Waals surface area contributed by atoms with Crippen LogP contribution >= 0.6 is 0 Å². The van der Waals surface area contributed by atoms with Crippen LogP contribution in [-0.4, -0.2) is 6.61 Å². The Kier molecular flexibility index (Phi) is 5.73. The SMILES string of the molecule is Cc1cccc(NCc2cccc(OCCc3ccccc3)c2)c1C. The lowest BCUT2D eigenvalue weighted by molar-refractivity contribution is 0.321. The van der Waals surface area contributed by atoms with Crippen molar-refractivity contribution >= 4 is 5.69 Å². The molecule has 0 unspecified atom stereocenters. The van der Waals surface area contributed by atoms with Crippen LogP contribution in [-0.2, 0) is 13.0 Å². The molecule has 0 bridgehead atoms. The number of anilines is 1. The molecule has 0 heterocycles. The van der Waals surface area contributed by atoms with Crippen molar-refractivity contribution in [2.75, 3.05) is 11.9 Å². The highest BCUT2D eigenvalue weighted by molar-refractivity contribution is 5.54. The summed E-state index contributed by atoms with van der Waals surface area (Å²) in [4.78, 5) is 0. The van der Waals surface area contributed by atoms with E-state index in [9.17, 15) is 0 Å². The Balaban J connectivity index is 1.55. The molecule has 128 valence electrons. The highest BCUT2D eigenvalue weighted by Gasteiger charge is 2.02. The Labute approximate surface area is 150 Å². The molecule has 0 fully saturated rings. The Hall–Kier alpha value is -2.74. The smallest absolute Gasteiger partial charge is 0.119 e. The van der Waals surface area contributed by atoms with Gasteiger partial charge >= 0.3 is 0 Å². The monoisotopic (exact) mass is 331 g/mol. The van der Waals surface area contributed by atoms with Crippen molar-refractivity contribution in [2.45, 2.75) is 26.8 Å². The molecule has 25 heavy (non-hydrogen) atoms. The Morgan fingerprint density at radius 3 is 2.40 bits per heavy atom. The molecular weight excluding hydrogens is 306 g/mol. The van der Waals surface area contributed by atoms with Crippen LogP contribution in [0.1, 0.15) is 22.3 Å². The van der Waals surface area contributed by atoms with Crippen molar-refractivity contribution in [2.24, 2.45) is 0 Å². The molecule has 0 aliphatic rings. The van der Waals surface area contributed by atoms with E-state index >= 15 is 0 Å². The number of nitrogens with one attached hydrogen (secondary N) is 1. The van der Waals surface area contributed by atoms with Crippen LogP contribution in [0.15, 0.2) is 72.8 Å². The molecule has 0 aliphatic carbocycles. The van der Waals surface area contributed by atoms with E-state index < -0.39 is 0 Å². The normalized spacial score (nSPS) is 10.5. The molecule has 2 nitrogen and oxygen atoms in total. The van der Waals surface area contributed by atoms with E-state index in [1.807, 2.05) is 12.1 Å². The van der Waals surface area contributed by atoms with Gasteiger partial charge in [0.2, 0.25) is 0 Å². The Morgan fingerprint density at radius 1 is 0.800 bits per heavy atom. The first-order valence-corrected chi connectivity index (χ1v) is 8.78. The van der Waals surface area contributed by atoms with Crippen LogP contribution in [0.25, 0.3) is 0 Å². The van der Waals surface area contributed by atoms with Gasteiger partial charge in [-0.25, -0.2) is 0 Å². The van der Waals surface area contributed by atoms with Gasteiger partial charge in [0, 0.05) is 18.7 Å². The summed E-state index contributed by atoms with van der Waals surface area (Å²) in [5.41, 5.74) is 6.32. The summed E-state index contributed by atoms with van der Waals surface area (Å²) in [7, 11) is 0. The van der Waals surface area contributed by atoms with Crippen LogP contribution in [0.2, 0.25) is 0 Å². The minimum Gasteiger partial charge on any atom is -0.493 e. The molecule has 1 N–H and O–H groups in total. The van der Waals surface area contributed by atoms with Gasteiger partial charge in [0.1, 0.15) is 5.75 Å². The summed E-state index contributed by atoms with van der Waals surface area (Å²) in [6.07, 6.45) is 0.922. The standard InChI is InChI=1S/C23H25NO/c1-18-8-6-13-23(19(18)2)24-17-21-11-7-12-22(16-21)25-15-14-20-9-4-3-5-10-20/h3-13,16,24H,14-15,17H2,1-2H3. The third-order valence-electron chi connectivity index (χ3n) is 4.49. The van der Waals surface area contributed by atoms with E-state index in [-0.39, 0.29) is 0 Å². The Morgan fingerprint density at radius 2 is 1.56 bits per heavy atom. The van der Waals surface area contributed by atoms with Crippen molar-refractivity contribution in [3.63, 3.8) is 0 Å². The van der Waals surface area contributed by atoms with Gasteiger partial charge in [-0.1, -0.05) is 54.6 Å². The largest absolute Gasteiger partial charge is 0.493 e. The van der Waals surface area contributed by atoms with Crippen LogP contribution in [0, 0.1) is 13.8 Å². The number of aryl methyl sites for hydroxylation is 1. The predicted molar refractivity (Wildman–Crippen MR) is 105 cm³/mol. The third-order valence-corrected chi connectivity index (χ3v) is 4.49. The molecule has 0 aromatic heterocycles. The minimum absolute atomic E-state index is 0.692. The molecule has 3 aromatic rings. The van der Waals surface area contributed by atoms with Crippen LogP contribution in [0.5, 0.6) is 5.75 Å². The second-order valence-electron chi connectivity index (χ2n) is 6.33. The lowest BCUT2D eigenvalue weighted by Gasteiger charge is -2.12. The molecule has 0 atom stereocenters. The predicted octanol–water partition coefficient (Wildman–Crippen LogP) is 5.54. The first-order valence-electron chi connectivity index (χ1n) is 8.78. The molecule has 0 radical (unpaired) electrons. The van der Waals surface area contributed by atoms with E-state index in [0.29, 0.717) is 6.61 Å². The summed E-state index contributed by atoms with van der Waals surface area (Å²) in [5.74, 6) is 0.927. The highest BCUT2D eigenvalue weighted by Crippen LogP contribution is 2.20. The average Bonchev–Trinajstić information content (AvgIpc) is 2.64. The first kappa shape index (κ1) is 17.1. The molecule has 3 aromatic carbocycles. The quantitative estimate of drug-likeness (QED) is 0.614. The van der Waals surface area contributed by atoms with Gasteiger partial charge in [-0.3, -0.25) is 0 Å². The zero-order valence-electron chi connectivity index (χ0n) is 15.0. The molecule has 0 saturated heterocycles. The van der Waals surface area contributed by atoms with Crippen molar-refractivity contribution in [1.29, 1.82) is 0 Å². The average molecular weight is 331 g/mol. The van der Waals surface area contributed by atoms with Crippen molar-refractivity contribution < 1.29 is 4.74 Å². The molecular formula is C23H25NO. The van der Waals surface area contributed by atoms with E-state index in [1.54, 1.807) is 0 Å². The van der Waals surface area contributed by atoms with Gasteiger partial charge < -0.3 is 10.1 Å². The minimum atomic E-state index is 0.692. The van der Waals surface area contributed by atoms with Gasteiger partial charge in [-0.15, -0.1) is 0 Å². The lowest BCUT2D eigenvalue weighted by atomic mass is 10.1. The fourth-order valence-electron chi connectivity index (χ4n) is 2.82.